The molecule has 0 spiro atoms. The summed E-state index contributed by atoms with van der Waals surface area (Å²) in [5.74, 6) is 0.523. The standard InChI is InChI=1S/C22H39N2O3P.C15H31N2O3P/c1-7-19(25)24-20(3,4)15-18(16-21(24,5)6)22(12-9-8-10-13-22)23-28-26-14-11-17(2)27-28;1-14(2)11-13(12-15(3,4)16-14)17(7-10-18-5)21-19-8-6-9-20-21/h7,17-18,23H,1,8-16H2,2-6H3;13,16H,6-12H2,1-5H3. The van der Waals surface area contributed by atoms with Crippen LogP contribution in [0.1, 0.15) is 133 Å². The minimum Gasteiger partial charge on any atom is -0.383 e. The van der Waals surface area contributed by atoms with Gasteiger partial charge in [-0.2, -0.15) is 0 Å². The SMILES string of the molecule is C=CC(=O)N1C(C)(C)CC(C2(NP3OCCC(C)O3)CCCCC2)CC1(C)C.COCCN(C1CC(C)(C)NC(C)(C)C1)P1OCCCO1. The van der Waals surface area contributed by atoms with Crippen LogP contribution in [0.5, 0.6) is 0 Å². The van der Waals surface area contributed by atoms with Crippen molar-refractivity contribution in [1.29, 1.82) is 0 Å². The third kappa shape index (κ3) is 11.1. The number of likely N-dealkylation sites (tertiary alicyclic amines) is 1. The summed E-state index contributed by atoms with van der Waals surface area (Å²) in [6.07, 6.45) is 14.0. The zero-order valence-electron chi connectivity index (χ0n) is 32.6. The molecular weight excluding hydrogens is 658 g/mol. The number of carbonyl (C=O) groups is 1. The molecule has 1 saturated carbocycles. The molecule has 284 valence electrons. The van der Waals surface area contributed by atoms with Crippen molar-refractivity contribution in [2.24, 2.45) is 5.92 Å². The van der Waals surface area contributed by atoms with Crippen LogP contribution in [0.25, 0.3) is 0 Å². The van der Waals surface area contributed by atoms with E-state index in [0.29, 0.717) is 12.0 Å². The van der Waals surface area contributed by atoms with Gasteiger partial charge in [-0.05, 0) is 126 Å². The molecule has 49 heavy (non-hydrogen) atoms. The van der Waals surface area contributed by atoms with E-state index in [1.807, 2.05) is 0 Å². The zero-order chi connectivity index (χ0) is 36.1. The lowest BCUT2D eigenvalue weighted by Crippen LogP contribution is -2.66. The van der Waals surface area contributed by atoms with Gasteiger partial charge in [0.25, 0.3) is 17.1 Å². The molecule has 5 aliphatic rings. The van der Waals surface area contributed by atoms with Gasteiger partial charge >= 0.3 is 0 Å². The first-order valence-electron chi connectivity index (χ1n) is 18.9. The summed E-state index contributed by atoms with van der Waals surface area (Å²) in [6, 6.07) is 0.468. The lowest BCUT2D eigenvalue weighted by molar-refractivity contribution is -0.148. The minimum absolute atomic E-state index is 0.0382. The maximum absolute atomic E-state index is 12.7. The van der Waals surface area contributed by atoms with Gasteiger partial charge in [-0.25, -0.2) is 9.76 Å². The van der Waals surface area contributed by atoms with Gasteiger partial charge in [0.05, 0.1) is 32.5 Å². The molecule has 4 heterocycles. The molecule has 0 bridgehead atoms. The molecule has 2 atom stereocenters. The Morgan fingerprint density at radius 2 is 1.51 bits per heavy atom. The van der Waals surface area contributed by atoms with Crippen molar-refractivity contribution in [3.63, 3.8) is 0 Å². The second kappa shape index (κ2) is 17.3. The van der Waals surface area contributed by atoms with Gasteiger partial charge in [-0.3, -0.25) is 4.79 Å². The van der Waals surface area contributed by atoms with Gasteiger partial charge in [-0.1, -0.05) is 25.8 Å². The van der Waals surface area contributed by atoms with E-state index in [0.717, 1.165) is 71.5 Å². The molecule has 12 heteroatoms. The predicted molar refractivity (Wildman–Crippen MR) is 201 cm³/mol. The van der Waals surface area contributed by atoms with Gasteiger partial charge in [0.2, 0.25) is 5.91 Å². The molecule has 2 N–H and O–H groups in total. The predicted octanol–water partition coefficient (Wildman–Crippen LogP) is 8.22. The number of ether oxygens (including phenoxy) is 1. The lowest BCUT2D eigenvalue weighted by atomic mass is 9.62. The summed E-state index contributed by atoms with van der Waals surface area (Å²) in [6.45, 7) is 27.8. The highest BCUT2D eigenvalue weighted by molar-refractivity contribution is 7.45. The normalized spacial score (nSPS) is 30.3. The Balaban J connectivity index is 0.000000230. The van der Waals surface area contributed by atoms with Gasteiger partial charge < -0.3 is 33.0 Å². The Labute approximate surface area is 301 Å². The van der Waals surface area contributed by atoms with Crippen molar-refractivity contribution in [2.45, 2.75) is 173 Å². The minimum atomic E-state index is -1.04. The molecule has 4 saturated heterocycles. The number of hydrogen-bond donors (Lipinski definition) is 2. The van der Waals surface area contributed by atoms with Crippen LogP contribution in [-0.2, 0) is 27.6 Å². The highest BCUT2D eigenvalue weighted by Gasteiger charge is 2.54. The average Bonchev–Trinajstić information content (AvgIpc) is 3.00. The Kier molecular flexibility index (Phi) is 14.6. The fourth-order valence-corrected chi connectivity index (χ4v) is 12.8. The quantitative estimate of drug-likeness (QED) is 0.180. The fraction of sp³-hybridized carbons (Fsp3) is 0.919. The summed E-state index contributed by atoms with van der Waals surface area (Å²) in [5, 5.41) is 7.65. The van der Waals surface area contributed by atoms with Gasteiger partial charge in [-0.15, -0.1) is 0 Å². The number of rotatable bonds is 9. The van der Waals surface area contributed by atoms with E-state index in [4.69, 9.17) is 22.8 Å². The summed E-state index contributed by atoms with van der Waals surface area (Å²) in [7, 11) is -0.215. The van der Waals surface area contributed by atoms with Crippen LogP contribution in [0.15, 0.2) is 12.7 Å². The monoisotopic (exact) mass is 728 g/mol. The molecule has 4 aliphatic heterocycles. The van der Waals surface area contributed by atoms with Gasteiger partial charge in [0.1, 0.15) is 0 Å². The van der Waals surface area contributed by atoms with Crippen molar-refractivity contribution in [2.75, 3.05) is 40.1 Å². The van der Waals surface area contributed by atoms with Crippen LogP contribution in [0.3, 0.4) is 0 Å². The molecule has 2 unspecified atom stereocenters. The van der Waals surface area contributed by atoms with Crippen molar-refractivity contribution >= 4 is 23.0 Å². The summed E-state index contributed by atoms with van der Waals surface area (Å²) >= 11 is 0. The van der Waals surface area contributed by atoms with Crippen LogP contribution in [0.2, 0.25) is 0 Å². The highest BCUT2D eigenvalue weighted by atomic mass is 31.2. The fourth-order valence-electron chi connectivity index (χ4n) is 9.53. The highest BCUT2D eigenvalue weighted by Crippen LogP contribution is 2.53. The number of hydrogen-bond acceptors (Lipinski definition) is 9. The van der Waals surface area contributed by atoms with Crippen molar-refractivity contribution < 1.29 is 27.6 Å². The molecule has 1 amide bonds. The zero-order valence-corrected chi connectivity index (χ0v) is 34.4. The number of carbonyl (C=O) groups excluding carboxylic acids is 1. The Bertz CT molecular complexity index is 1050. The summed E-state index contributed by atoms with van der Waals surface area (Å²) in [4.78, 5) is 14.7. The lowest BCUT2D eigenvalue weighted by Gasteiger charge is -2.59. The van der Waals surface area contributed by atoms with E-state index in [2.05, 4.69) is 88.9 Å². The maximum atomic E-state index is 12.7. The topological polar surface area (TPSA) is 93.8 Å². The van der Waals surface area contributed by atoms with Crippen LogP contribution in [0.4, 0.5) is 0 Å². The van der Waals surface area contributed by atoms with Crippen molar-refractivity contribution in [3.8, 4) is 0 Å². The molecule has 5 fully saturated rings. The van der Waals surface area contributed by atoms with E-state index >= 15 is 0 Å². The third-order valence-electron chi connectivity index (χ3n) is 11.0. The largest absolute Gasteiger partial charge is 0.383 e. The molecule has 10 nitrogen and oxygen atoms in total. The first-order valence-corrected chi connectivity index (χ1v) is 21.2. The van der Waals surface area contributed by atoms with E-state index in [-0.39, 0.29) is 39.7 Å². The van der Waals surface area contributed by atoms with Crippen LogP contribution in [0, 0.1) is 5.92 Å². The number of methoxy groups -OCH3 is 1. The first-order chi connectivity index (χ1) is 22.9. The Morgan fingerprint density at radius 3 is 2.04 bits per heavy atom. The smallest absolute Gasteiger partial charge is 0.259 e. The van der Waals surface area contributed by atoms with E-state index in [9.17, 15) is 4.79 Å². The van der Waals surface area contributed by atoms with E-state index in [1.165, 1.54) is 38.2 Å². The second-order valence-electron chi connectivity index (χ2n) is 17.6. The average molecular weight is 729 g/mol. The number of nitrogens with one attached hydrogen (secondary N) is 2. The number of nitrogens with zero attached hydrogens (tertiary/aromatic N) is 2. The second-order valence-corrected chi connectivity index (χ2v) is 20.3. The number of amides is 1. The molecule has 5 rings (SSSR count). The summed E-state index contributed by atoms with van der Waals surface area (Å²) in [5.41, 5.74) is -0.123. The van der Waals surface area contributed by atoms with Gasteiger partial charge in [0.15, 0.2) is 0 Å². The van der Waals surface area contributed by atoms with E-state index in [1.54, 1.807) is 7.11 Å². The van der Waals surface area contributed by atoms with Gasteiger partial charge in [0, 0.05) is 47.4 Å². The summed E-state index contributed by atoms with van der Waals surface area (Å²) < 4.78 is 31.7. The molecular formula is C37H70N4O6P2. The molecule has 0 aromatic heterocycles. The molecule has 0 aromatic carbocycles. The van der Waals surface area contributed by atoms with Crippen LogP contribution in [-0.4, -0.2) is 95.4 Å². The van der Waals surface area contributed by atoms with Crippen LogP contribution < -0.4 is 10.4 Å². The molecule has 0 aromatic rings. The molecule has 0 radical (unpaired) electrons. The maximum Gasteiger partial charge on any atom is 0.259 e. The molecule has 1 aliphatic carbocycles. The Morgan fingerprint density at radius 1 is 0.918 bits per heavy atom. The number of piperidine rings is 2. The van der Waals surface area contributed by atoms with Crippen molar-refractivity contribution in [3.05, 3.63) is 12.7 Å². The van der Waals surface area contributed by atoms with Crippen LogP contribution >= 0.6 is 17.1 Å². The van der Waals surface area contributed by atoms with Crippen molar-refractivity contribution in [1.82, 2.24) is 20.0 Å². The Hall–Kier alpha value is -0.250. The first kappa shape index (κ1) is 41.5. The van der Waals surface area contributed by atoms with E-state index < -0.39 is 17.1 Å². The third-order valence-corrected chi connectivity index (χ3v) is 14.3.